The average molecular weight is 372 g/mol. The molecular formula is C15H20N2O7S. The third-order valence-electron chi connectivity index (χ3n) is 3.68. The second kappa shape index (κ2) is 8.39. The lowest BCUT2D eigenvalue weighted by Crippen LogP contribution is -2.44. The molecule has 138 valence electrons. The van der Waals surface area contributed by atoms with Crippen molar-refractivity contribution in [3.8, 4) is 0 Å². The van der Waals surface area contributed by atoms with Crippen LogP contribution in [0.1, 0.15) is 10.4 Å². The molecule has 0 aromatic heterocycles. The number of carbonyl (C=O) groups is 2. The summed E-state index contributed by atoms with van der Waals surface area (Å²) in [6, 6.07) is 4.25. The predicted molar refractivity (Wildman–Crippen MR) is 86.4 cm³/mol. The van der Waals surface area contributed by atoms with E-state index < -0.39 is 34.5 Å². The topological polar surface area (TPSA) is 122 Å². The highest BCUT2D eigenvalue weighted by Gasteiger charge is 2.27. The normalized spacial score (nSPS) is 16.9. The predicted octanol–water partition coefficient (Wildman–Crippen LogP) is -1.03. The number of hydrogen-bond donors (Lipinski definition) is 2. The van der Waals surface area contributed by atoms with Crippen LogP contribution in [-0.2, 0) is 24.3 Å². The number of amides is 1. The minimum atomic E-state index is -3.74. The monoisotopic (exact) mass is 372 g/mol. The van der Waals surface area contributed by atoms with Crippen LogP contribution in [0.25, 0.3) is 0 Å². The Hall–Kier alpha value is -2.01. The second-order valence-corrected chi connectivity index (χ2v) is 7.21. The van der Waals surface area contributed by atoms with Crippen molar-refractivity contribution in [3.05, 3.63) is 29.8 Å². The van der Waals surface area contributed by atoms with Gasteiger partial charge in [-0.2, -0.15) is 4.31 Å². The molecule has 1 heterocycles. The molecule has 1 aromatic carbocycles. The Kier molecular flexibility index (Phi) is 6.48. The molecular weight excluding hydrogens is 352 g/mol. The minimum absolute atomic E-state index is 0.0272. The van der Waals surface area contributed by atoms with E-state index in [9.17, 15) is 18.0 Å². The molecule has 0 bridgehead atoms. The van der Waals surface area contributed by atoms with Gasteiger partial charge in [-0.3, -0.25) is 4.79 Å². The van der Waals surface area contributed by atoms with Crippen molar-refractivity contribution in [2.75, 3.05) is 40.0 Å². The van der Waals surface area contributed by atoms with Crippen LogP contribution in [0, 0.1) is 0 Å². The molecule has 0 unspecified atom stereocenters. The van der Waals surface area contributed by atoms with Gasteiger partial charge in [0.05, 0.1) is 31.8 Å². The lowest BCUT2D eigenvalue weighted by atomic mass is 10.2. The number of esters is 1. The van der Waals surface area contributed by atoms with E-state index in [1.165, 1.54) is 28.6 Å². The molecule has 1 aliphatic heterocycles. The van der Waals surface area contributed by atoms with E-state index >= 15 is 0 Å². The molecule has 1 atom stereocenters. The van der Waals surface area contributed by atoms with Crippen LogP contribution in [0.2, 0.25) is 0 Å². The Balaban J connectivity index is 2.20. The molecule has 1 aromatic rings. The number of ether oxygens (including phenoxy) is 2. The smallest absolute Gasteiger partial charge is 0.330 e. The molecule has 0 aliphatic carbocycles. The minimum Gasteiger partial charge on any atom is -0.467 e. The van der Waals surface area contributed by atoms with Gasteiger partial charge in [0.1, 0.15) is 0 Å². The summed E-state index contributed by atoms with van der Waals surface area (Å²) in [6.07, 6.45) is 0. The maximum absolute atomic E-state index is 12.6. The Bertz CT molecular complexity index is 729. The molecule has 0 spiro atoms. The number of sulfonamides is 1. The molecule has 1 fully saturated rings. The quantitative estimate of drug-likeness (QED) is 0.612. The van der Waals surface area contributed by atoms with Gasteiger partial charge in [0.2, 0.25) is 10.0 Å². The molecule has 9 nitrogen and oxygen atoms in total. The number of nitrogens with one attached hydrogen (secondary N) is 1. The number of carbonyl (C=O) groups excluding carboxylic acids is 2. The fourth-order valence-electron chi connectivity index (χ4n) is 2.30. The molecule has 1 saturated heterocycles. The first-order valence-electron chi connectivity index (χ1n) is 7.57. The highest BCUT2D eigenvalue weighted by atomic mass is 32.2. The van der Waals surface area contributed by atoms with Gasteiger partial charge < -0.3 is 19.9 Å². The summed E-state index contributed by atoms with van der Waals surface area (Å²) in [5, 5.41) is 11.4. The van der Waals surface area contributed by atoms with Crippen molar-refractivity contribution >= 4 is 21.9 Å². The average Bonchev–Trinajstić information content (AvgIpc) is 2.66. The Morgan fingerprint density at radius 2 is 2.04 bits per heavy atom. The lowest BCUT2D eigenvalue weighted by molar-refractivity contribution is -0.143. The summed E-state index contributed by atoms with van der Waals surface area (Å²) in [5.41, 5.74) is 0.0525. The third-order valence-corrected chi connectivity index (χ3v) is 5.57. The zero-order chi connectivity index (χ0) is 18.4. The van der Waals surface area contributed by atoms with E-state index in [2.05, 4.69) is 10.1 Å². The van der Waals surface area contributed by atoms with Crippen LogP contribution in [0.15, 0.2) is 29.2 Å². The Labute approximate surface area is 145 Å². The summed E-state index contributed by atoms with van der Waals surface area (Å²) >= 11 is 0. The van der Waals surface area contributed by atoms with Crippen LogP contribution in [0.4, 0.5) is 0 Å². The highest BCUT2D eigenvalue weighted by molar-refractivity contribution is 7.89. The highest BCUT2D eigenvalue weighted by Crippen LogP contribution is 2.18. The van der Waals surface area contributed by atoms with Gasteiger partial charge in [-0.25, -0.2) is 13.2 Å². The molecule has 25 heavy (non-hydrogen) atoms. The van der Waals surface area contributed by atoms with E-state index in [4.69, 9.17) is 9.84 Å². The van der Waals surface area contributed by atoms with Crippen molar-refractivity contribution < 1.29 is 32.6 Å². The first-order chi connectivity index (χ1) is 11.9. The largest absolute Gasteiger partial charge is 0.467 e. The van der Waals surface area contributed by atoms with Crippen LogP contribution < -0.4 is 5.32 Å². The van der Waals surface area contributed by atoms with E-state index in [1.807, 2.05) is 0 Å². The maximum atomic E-state index is 12.6. The van der Waals surface area contributed by atoms with Crippen LogP contribution >= 0.6 is 0 Å². The van der Waals surface area contributed by atoms with Crippen molar-refractivity contribution in [1.29, 1.82) is 0 Å². The van der Waals surface area contributed by atoms with Gasteiger partial charge in [0, 0.05) is 18.7 Å². The summed E-state index contributed by atoms with van der Waals surface area (Å²) in [5.74, 6) is -1.49. The number of methoxy groups -OCH3 is 1. The SMILES string of the molecule is COC(=O)[C@H](CO)NC(=O)c1cccc(S(=O)(=O)N2CCOCC2)c1. The molecule has 0 radical (unpaired) electrons. The van der Waals surface area contributed by atoms with Gasteiger partial charge in [-0.1, -0.05) is 6.07 Å². The third kappa shape index (κ3) is 4.54. The van der Waals surface area contributed by atoms with E-state index in [-0.39, 0.29) is 23.5 Å². The van der Waals surface area contributed by atoms with E-state index in [1.54, 1.807) is 0 Å². The van der Waals surface area contributed by atoms with Gasteiger partial charge >= 0.3 is 5.97 Å². The van der Waals surface area contributed by atoms with Crippen molar-refractivity contribution in [3.63, 3.8) is 0 Å². The standard InChI is InChI=1S/C15H20N2O7S/c1-23-15(20)13(10-18)16-14(19)11-3-2-4-12(9-11)25(21,22)17-5-7-24-8-6-17/h2-4,9,13,18H,5-8,10H2,1H3,(H,16,19)/t13-/m0/s1. The van der Waals surface area contributed by atoms with Crippen LogP contribution in [-0.4, -0.2) is 75.8 Å². The molecule has 2 rings (SSSR count). The fourth-order valence-corrected chi connectivity index (χ4v) is 3.75. The number of hydrogen-bond acceptors (Lipinski definition) is 7. The van der Waals surface area contributed by atoms with Crippen molar-refractivity contribution in [2.24, 2.45) is 0 Å². The maximum Gasteiger partial charge on any atom is 0.330 e. The summed E-state index contributed by atoms with van der Waals surface area (Å²) in [6.45, 7) is 0.485. The Morgan fingerprint density at radius 3 is 2.64 bits per heavy atom. The zero-order valence-electron chi connectivity index (χ0n) is 13.7. The fraction of sp³-hybridized carbons (Fsp3) is 0.467. The van der Waals surface area contributed by atoms with Crippen molar-refractivity contribution in [2.45, 2.75) is 10.9 Å². The van der Waals surface area contributed by atoms with Gasteiger partial charge in [-0.15, -0.1) is 0 Å². The molecule has 1 aliphatic rings. The number of benzene rings is 1. The number of morpholine rings is 1. The number of nitrogens with zero attached hydrogens (tertiary/aromatic N) is 1. The lowest BCUT2D eigenvalue weighted by Gasteiger charge is -2.26. The number of aliphatic hydroxyl groups excluding tert-OH is 1. The second-order valence-electron chi connectivity index (χ2n) is 5.28. The summed E-state index contributed by atoms with van der Waals surface area (Å²) in [7, 11) is -2.61. The van der Waals surface area contributed by atoms with E-state index in [0.29, 0.717) is 13.2 Å². The van der Waals surface area contributed by atoms with Gasteiger partial charge in [0.15, 0.2) is 6.04 Å². The first-order valence-corrected chi connectivity index (χ1v) is 9.01. The number of aliphatic hydroxyl groups is 1. The van der Waals surface area contributed by atoms with Gasteiger partial charge in [-0.05, 0) is 18.2 Å². The molecule has 2 N–H and O–H groups in total. The van der Waals surface area contributed by atoms with Gasteiger partial charge in [0.25, 0.3) is 5.91 Å². The Morgan fingerprint density at radius 1 is 1.36 bits per heavy atom. The molecule has 0 saturated carbocycles. The number of rotatable bonds is 6. The van der Waals surface area contributed by atoms with Crippen molar-refractivity contribution in [1.82, 2.24) is 9.62 Å². The van der Waals surface area contributed by atoms with Crippen LogP contribution in [0.5, 0.6) is 0 Å². The molecule has 1 amide bonds. The summed E-state index contributed by atoms with van der Waals surface area (Å²) < 4.78 is 36.1. The molecule has 10 heteroatoms. The summed E-state index contributed by atoms with van der Waals surface area (Å²) in [4.78, 5) is 23.6. The van der Waals surface area contributed by atoms with E-state index in [0.717, 1.165) is 7.11 Å². The zero-order valence-corrected chi connectivity index (χ0v) is 14.5. The first kappa shape index (κ1) is 19.3. The van der Waals surface area contributed by atoms with Crippen LogP contribution in [0.3, 0.4) is 0 Å².